The summed E-state index contributed by atoms with van der Waals surface area (Å²) in [5.41, 5.74) is -5.75. The van der Waals surface area contributed by atoms with Gasteiger partial charge in [-0.3, -0.25) is 9.59 Å². The molecule has 2 heterocycles. The average molecular weight is 413 g/mol. The van der Waals surface area contributed by atoms with E-state index in [2.05, 4.69) is 15.3 Å². The van der Waals surface area contributed by atoms with Gasteiger partial charge in [-0.25, -0.2) is 9.78 Å². The molecular formula is C18H18F3N3O5. The van der Waals surface area contributed by atoms with Gasteiger partial charge in [0.1, 0.15) is 33.8 Å². The Balaban J connectivity index is 1.95. The molecule has 0 spiro atoms. The van der Waals surface area contributed by atoms with Gasteiger partial charge in [-0.1, -0.05) is 0 Å². The number of hydrogen-bond acceptors (Lipinski definition) is 6. The molecule has 8 nitrogen and oxygen atoms in total. The van der Waals surface area contributed by atoms with Crippen molar-refractivity contribution in [2.45, 2.75) is 50.9 Å². The van der Waals surface area contributed by atoms with Crippen molar-refractivity contribution >= 4 is 22.9 Å². The Labute approximate surface area is 162 Å². The fraction of sp³-hybridized carbons (Fsp3) is 0.444. The summed E-state index contributed by atoms with van der Waals surface area (Å²) in [6.45, 7) is 4.97. The molecule has 0 radical (unpaired) electrons. The standard InChI is InChI=1S/C18H18F3N3O5/c1-16(2,3)29-15(28)17(6-7-17)24-14(27)10-11(25)8-4-5-9(18(19,20)21)22-12(8)23-13(10)26/h4-5H,6-7H2,1-3H3,(H,24,27)(H2,22,23,25,26). The molecule has 1 amide bonds. The summed E-state index contributed by atoms with van der Waals surface area (Å²) < 4.78 is 43.6. The van der Waals surface area contributed by atoms with Gasteiger partial charge in [-0.15, -0.1) is 0 Å². The molecule has 0 bridgehead atoms. The van der Waals surface area contributed by atoms with Crippen LogP contribution in [0.5, 0.6) is 5.75 Å². The number of fused-ring (bicyclic) bond motifs is 1. The first-order chi connectivity index (χ1) is 13.2. The minimum absolute atomic E-state index is 0.245. The zero-order chi connectivity index (χ0) is 21.8. The van der Waals surface area contributed by atoms with Crippen molar-refractivity contribution in [2.75, 3.05) is 0 Å². The van der Waals surface area contributed by atoms with E-state index in [1.807, 2.05) is 0 Å². The van der Waals surface area contributed by atoms with Gasteiger partial charge in [0.2, 0.25) is 0 Å². The molecule has 3 rings (SSSR count). The lowest BCUT2D eigenvalue weighted by Crippen LogP contribution is -2.47. The molecule has 0 aromatic carbocycles. The van der Waals surface area contributed by atoms with E-state index in [0.29, 0.717) is 6.07 Å². The van der Waals surface area contributed by atoms with E-state index in [1.165, 1.54) is 0 Å². The number of esters is 1. The van der Waals surface area contributed by atoms with Crippen LogP contribution in [0, 0.1) is 0 Å². The Bertz CT molecular complexity index is 1070. The van der Waals surface area contributed by atoms with Gasteiger partial charge in [0.15, 0.2) is 0 Å². The van der Waals surface area contributed by atoms with Crippen molar-refractivity contribution in [3.05, 3.63) is 33.7 Å². The SMILES string of the molecule is CC(C)(C)OC(=O)C1(NC(=O)c2c(O)c3ccc(C(F)(F)F)nc3[nH]c2=O)CC1. The molecule has 1 aliphatic rings. The van der Waals surface area contributed by atoms with E-state index in [9.17, 15) is 32.7 Å². The summed E-state index contributed by atoms with van der Waals surface area (Å²) in [4.78, 5) is 42.5. The van der Waals surface area contributed by atoms with E-state index in [0.717, 1.165) is 6.07 Å². The Hall–Kier alpha value is -3.11. The summed E-state index contributed by atoms with van der Waals surface area (Å²) in [5, 5.41) is 12.5. The minimum Gasteiger partial charge on any atom is -0.506 e. The van der Waals surface area contributed by atoms with Crippen LogP contribution in [0.15, 0.2) is 16.9 Å². The van der Waals surface area contributed by atoms with Crippen LogP contribution in [0.1, 0.15) is 49.7 Å². The van der Waals surface area contributed by atoms with Gasteiger partial charge < -0.3 is 20.1 Å². The monoisotopic (exact) mass is 413 g/mol. The molecule has 2 aromatic heterocycles. The topological polar surface area (TPSA) is 121 Å². The summed E-state index contributed by atoms with van der Waals surface area (Å²) >= 11 is 0. The highest BCUT2D eigenvalue weighted by atomic mass is 19.4. The number of aromatic hydroxyl groups is 1. The number of nitrogens with zero attached hydrogens (tertiary/aromatic N) is 1. The minimum atomic E-state index is -4.75. The first-order valence-electron chi connectivity index (χ1n) is 8.63. The lowest BCUT2D eigenvalue weighted by Gasteiger charge is -2.24. The lowest BCUT2D eigenvalue weighted by molar-refractivity contribution is -0.158. The maximum Gasteiger partial charge on any atom is 0.433 e. The normalized spacial score (nSPS) is 15.8. The van der Waals surface area contributed by atoms with Gasteiger partial charge in [-0.05, 0) is 45.7 Å². The van der Waals surface area contributed by atoms with Crippen LogP contribution in [-0.2, 0) is 15.7 Å². The second-order valence-electron chi connectivity index (χ2n) is 7.81. The number of ether oxygens (including phenoxy) is 1. The molecule has 0 atom stereocenters. The Kier molecular flexibility index (Phi) is 4.59. The third-order valence-electron chi connectivity index (χ3n) is 4.26. The van der Waals surface area contributed by atoms with Gasteiger partial charge in [0.25, 0.3) is 11.5 Å². The van der Waals surface area contributed by atoms with Gasteiger partial charge in [0, 0.05) is 0 Å². The summed E-state index contributed by atoms with van der Waals surface area (Å²) in [7, 11) is 0. The summed E-state index contributed by atoms with van der Waals surface area (Å²) in [5.74, 6) is -2.55. The van der Waals surface area contributed by atoms with Gasteiger partial charge in [0.05, 0.1) is 5.39 Å². The van der Waals surface area contributed by atoms with Crippen LogP contribution in [0.3, 0.4) is 0 Å². The van der Waals surface area contributed by atoms with E-state index < -0.39 is 57.4 Å². The molecule has 3 N–H and O–H groups in total. The quantitative estimate of drug-likeness (QED) is 0.664. The lowest BCUT2D eigenvalue weighted by atomic mass is 10.1. The number of amides is 1. The van der Waals surface area contributed by atoms with Crippen molar-refractivity contribution in [3.8, 4) is 5.75 Å². The predicted octanol–water partition coefficient (Wildman–Crippen LogP) is 2.25. The zero-order valence-electron chi connectivity index (χ0n) is 15.7. The van der Waals surface area contributed by atoms with Gasteiger partial charge >= 0.3 is 12.1 Å². The highest BCUT2D eigenvalue weighted by Gasteiger charge is 2.54. The highest BCUT2D eigenvalue weighted by Crippen LogP contribution is 2.38. The van der Waals surface area contributed by atoms with E-state index >= 15 is 0 Å². The molecule has 1 saturated carbocycles. The second-order valence-corrected chi connectivity index (χ2v) is 7.81. The molecule has 11 heteroatoms. The Morgan fingerprint density at radius 3 is 2.38 bits per heavy atom. The molecule has 1 fully saturated rings. The largest absolute Gasteiger partial charge is 0.506 e. The maximum atomic E-state index is 12.8. The van der Waals surface area contributed by atoms with Crippen molar-refractivity contribution in [2.24, 2.45) is 0 Å². The van der Waals surface area contributed by atoms with Crippen molar-refractivity contribution in [3.63, 3.8) is 0 Å². The average Bonchev–Trinajstić information content (AvgIpc) is 3.32. The number of carbonyl (C=O) groups excluding carboxylic acids is 2. The van der Waals surface area contributed by atoms with E-state index in [4.69, 9.17) is 4.74 Å². The number of alkyl halides is 3. The molecule has 29 heavy (non-hydrogen) atoms. The maximum absolute atomic E-state index is 12.8. The van der Waals surface area contributed by atoms with Crippen LogP contribution in [-0.4, -0.2) is 38.1 Å². The number of carbonyl (C=O) groups is 2. The number of aromatic nitrogens is 2. The smallest absolute Gasteiger partial charge is 0.433 e. The summed E-state index contributed by atoms with van der Waals surface area (Å²) in [6, 6.07) is 1.51. The number of rotatable bonds is 3. The fourth-order valence-electron chi connectivity index (χ4n) is 2.69. The number of hydrogen-bond donors (Lipinski definition) is 3. The molecule has 0 saturated heterocycles. The molecular weight excluding hydrogens is 395 g/mol. The van der Waals surface area contributed by atoms with Crippen LogP contribution >= 0.6 is 0 Å². The number of nitrogens with one attached hydrogen (secondary N) is 2. The number of pyridine rings is 2. The summed E-state index contributed by atoms with van der Waals surface area (Å²) in [6.07, 6.45) is -4.17. The zero-order valence-corrected chi connectivity index (χ0v) is 15.7. The molecule has 2 aromatic rings. The third-order valence-corrected chi connectivity index (χ3v) is 4.26. The van der Waals surface area contributed by atoms with Crippen LogP contribution in [0.4, 0.5) is 13.2 Å². The van der Waals surface area contributed by atoms with Crippen LogP contribution in [0.25, 0.3) is 11.0 Å². The first kappa shape index (κ1) is 20.6. The molecule has 0 aliphatic heterocycles. The number of aromatic amines is 1. The number of halogens is 3. The molecule has 1 aliphatic carbocycles. The number of H-pyrrole nitrogens is 1. The van der Waals surface area contributed by atoms with Crippen LogP contribution in [0.2, 0.25) is 0 Å². The highest BCUT2D eigenvalue weighted by molar-refractivity contribution is 6.04. The second kappa shape index (κ2) is 6.46. The van der Waals surface area contributed by atoms with Crippen molar-refractivity contribution in [1.82, 2.24) is 15.3 Å². The predicted molar refractivity (Wildman–Crippen MR) is 94.3 cm³/mol. The van der Waals surface area contributed by atoms with Gasteiger partial charge in [-0.2, -0.15) is 13.2 Å². The Morgan fingerprint density at radius 2 is 1.86 bits per heavy atom. The first-order valence-corrected chi connectivity index (χ1v) is 8.63. The van der Waals surface area contributed by atoms with E-state index in [1.54, 1.807) is 20.8 Å². The van der Waals surface area contributed by atoms with Crippen molar-refractivity contribution < 1.29 is 32.6 Å². The fourth-order valence-corrected chi connectivity index (χ4v) is 2.69. The van der Waals surface area contributed by atoms with E-state index in [-0.39, 0.29) is 18.2 Å². The molecule has 0 unspecified atom stereocenters. The Morgan fingerprint density at radius 1 is 1.24 bits per heavy atom. The molecule has 156 valence electrons. The van der Waals surface area contributed by atoms with Crippen LogP contribution < -0.4 is 10.9 Å². The third kappa shape index (κ3) is 4.03. The van der Waals surface area contributed by atoms with Crippen molar-refractivity contribution in [1.29, 1.82) is 0 Å².